The molecule has 2 aromatic carbocycles. The van der Waals surface area contributed by atoms with Crippen LogP contribution in [0.2, 0.25) is 0 Å². The quantitative estimate of drug-likeness (QED) is 0.459. The molecule has 156 valence electrons. The van der Waals surface area contributed by atoms with E-state index in [0.717, 1.165) is 37.1 Å². The van der Waals surface area contributed by atoms with E-state index in [1.165, 1.54) is 35.7 Å². The summed E-state index contributed by atoms with van der Waals surface area (Å²) in [5, 5.41) is 19.2. The topological polar surface area (TPSA) is 35.8 Å². The monoisotopic (exact) mass is 410 g/mol. The van der Waals surface area contributed by atoms with Gasteiger partial charge in [0.15, 0.2) is 0 Å². The molecule has 3 rings (SSSR count). The number of hydrogen-bond donors (Lipinski definition) is 1. The van der Waals surface area contributed by atoms with Crippen molar-refractivity contribution in [3.8, 4) is 5.75 Å². The number of hydrogen-bond acceptors (Lipinski definition) is 3. The zero-order chi connectivity index (χ0) is 20.9. The third kappa shape index (κ3) is 5.01. The van der Waals surface area contributed by atoms with E-state index in [4.69, 9.17) is 5.10 Å². The molecule has 1 aliphatic heterocycles. The third-order valence-corrected chi connectivity index (χ3v) is 8.37. The molecule has 1 atom stereocenters. The molecule has 0 radical (unpaired) electrons. The van der Waals surface area contributed by atoms with Crippen molar-refractivity contribution in [1.82, 2.24) is 5.01 Å². The van der Waals surface area contributed by atoms with Crippen LogP contribution in [0.4, 0.5) is 0 Å². The SMILES string of the molecule is CCC(CC)(Pc1ccccc1/C=N/N1CCCCC1)c1cc(C)cc(C)c1O. The molecule has 0 bridgehead atoms. The molecule has 0 spiro atoms. The number of aryl methyl sites for hydroxylation is 2. The van der Waals surface area contributed by atoms with Gasteiger partial charge in [0.2, 0.25) is 0 Å². The first-order valence-electron chi connectivity index (χ1n) is 11.0. The van der Waals surface area contributed by atoms with Crippen molar-refractivity contribution in [3.05, 3.63) is 58.7 Å². The fourth-order valence-electron chi connectivity index (χ4n) is 4.32. The second kappa shape index (κ2) is 9.76. The third-order valence-electron chi connectivity index (χ3n) is 6.19. The summed E-state index contributed by atoms with van der Waals surface area (Å²) in [5.41, 5.74) is 4.48. The normalized spacial score (nSPS) is 15.7. The van der Waals surface area contributed by atoms with Gasteiger partial charge in [-0.25, -0.2) is 0 Å². The number of aromatic hydroxyl groups is 1. The second-order valence-corrected chi connectivity index (χ2v) is 9.98. The Kier molecular flexibility index (Phi) is 7.35. The molecule has 0 aromatic heterocycles. The lowest BCUT2D eigenvalue weighted by atomic mass is 9.89. The molecule has 4 heteroatoms. The number of phenols is 1. The highest BCUT2D eigenvalue weighted by atomic mass is 31.1. The highest BCUT2D eigenvalue weighted by Gasteiger charge is 2.32. The van der Waals surface area contributed by atoms with Crippen LogP contribution in [-0.4, -0.2) is 29.4 Å². The van der Waals surface area contributed by atoms with Crippen molar-refractivity contribution in [2.75, 3.05) is 13.1 Å². The van der Waals surface area contributed by atoms with Gasteiger partial charge >= 0.3 is 0 Å². The fourth-order valence-corrected chi connectivity index (χ4v) is 5.98. The lowest BCUT2D eigenvalue weighted by molar-refractivity contribution is 0.240. The number of nitrogens with zero attached hydrogens (tertiary/aromatic N) is 2. The Hall–Kier alpha value is -1.86. The van der Waals surface area contributed by atoms with Gasteiger partial charge in [-0.3, -0.25) is 5.01 Å². The fraction of sp³-hybridized carbons (Fsp3) is 0.480. The van der Waals surface area contributed by atoms with E-state index in [0.29, 0.717) is 14.3 Å². The molecule has 3 nitrogen and oxygen atoms in total. The molecule has 29 heavy (non-hydrogen) atoms. The smallest absolute Gasteiger partial charge is 0.122 e. The van der Waals surface area contributed by atoms with Crippen molar-refractivity contribution in [2.45, 2.75) is 65.0 Å². The molecule has 1 saturated heterocycles. The van der Waals surface area contributed by atoms with Gasteiger partial charge in [0.1, 0.15) is 5.75 Å². The first-order chi connectivity index (χ1) is 14.0. The molecule has 1 heterocycles. The predicted molar refractivity (Wildman–Crippen MR) is 127 cm³/mol. The molecule has 1 fully saturated rings. The first-order valence-corrected chi connectivity index (χ1v) is 12.0. The average molecular weight is 411 g/mol. The number of hydrazone groups is 1. The molecule has 0 aliphatic carbocycles. The van der Waals surface area contributed by atoms with Gasteiger partial charge < -0.3 is 5.11 Å². The predicted octanol–water partition coefficient (Wildman–Crippen LogP) is 5.85. The summed E-state index contributed by atoms with van der Waals surface area (Å²) < 4.78 is 0. The Morgan fingerprint density at radius 3 is 2.45 bits per heavy atom. The van der Waals surface area contributed by atoms with Gasteiger partial charge in [-0.15, -0.1) is 0 Å². The van der Waals surface area contributed by atoms with Crippen LogP contribution in [0.15, 0.2) is 41.5 Å². The number of benzene rings is 2. The highest BCUT2D eigenvalue weighted by molar-refractivity contribution is 7.48. The van der Waals surface area contributed by atoms with Crippen LogP contribution >= 0.6 is 8.58 Å². The van der Waals surface area contributed by atoms with E-state index in [1.807, 2.05) is 13.1 Å². The maximum Gasteiger partial charge on any atom is 0.122 e. The van der Waals surface area contributed by atoms with Crippen LogP contribution in [-0.2, 0) is 5.16 Å². The van der Waals surface area contributed by atoms with Crippen molar-refractivity contribution >= 4 is 20.1 Å². The first kappa shape index (κ1) is 21.8. The van der Waals surface area contributed by atoms with Crippen molar-refractivity contribution in [3.63, 3.8) is 0 Å². The van der Waals surface area contributed by atoms with Gasteiger partial charge in [0, 0.05) is 29.4 Å². The summed E-state index contributed by atoms with van der Waals surface area (Å²) >= 11 is 0. The Morgan fingerprint density at radius 1 is 1.07 bits per heavy atom. The van der Waals surface area contributed by atoms with Crippen LogP contribution in [0.3, 0.4) is 0 Å². The van der Waals surface area contributed by atoms with Crippen LogP contribution in [0.25, 0.3) is 0 Å². The van der Waals surface area contributed by atoms with Gasteiger partial charge in [0.25, 0.3) is 0 Å². The second-order valence-electron chi connectivity index (χ2n) is 8.24. The van der Waals surface area contributed by atoms with E-state index in [-0.39, 0.29) is 5.16 Å². The number of rotatable bonds is 7. The highest BCUT2D eigenvalue weighted by Crippen LogP contribution is 2.50. The zero-order valence-corrected chi connectivity index (χ0v) is 19.3. The Bertz CT molecular complexity index is 852. The summed E-state index contributed by atoms with van der Waals surface area (Å²) in [6.45, 7) is 10.7. The van der Waals surface area contributed by atoms with Crippen molar-refractivity contribution in [1.29, 1.82) is 0 Å². The van der Waals surface area contributed by atoms with Gasteiger partial charge in [-0.2, -0.15) is 5.10 Å². The van der Waals surface area contributed by atoms with Gasteiger partial charge in [-0.05, 0) is 56.8 Å². The molecule has 0 amide bonds. The Morgan fingerprint density at radius 2 is 1.76 bits per heavy atom. The van der Waals surface area contributed by atoms with Crippen LogP contribution < -0.4 is 5.30 Å². The molecule has 2 aromatic rings. The van der Waals surface area contributed by atoms with E-state index < -0.39 is 0 Å². The van der Waals surface area contributed by atoms with Gasteiger partial charge in [-0.1, -0.05) is 64.4 Å². The maximum absolute atomic E-state index is 10.9. The molecule has 1 unspecified atom stereocenters. The van der Waals surface area contributed by atoms with Crippen LogP contribution in [0, 0.1) is 13.8 Å². The van der Waals surface area contributed by atoms with Crippen molar-refractivity contribution in [2.24, 2.45) is 5.10 Å². The summed E-state index contributed by atoms with van der Waals surface area (Å²) in [6.07, 6.45) is 7.83. The summed E-state index contributed by atoms with van der Waals surface area (Å²) in [5.74, 6) is 0.464. The number of piperidine rings is 1. The lowest BCUT2D eigenvalue weighted by Crippen LogP contribution is -2.25. The molecule has 1 N–H and O–H groups in total. The number of phenolic OH excluding ortho intramolecular Hbond substituents is 1. The minimum Gasteiger partial charge on any atom is -0.507 e. The maximum atomic E-state index is 10.9. The Labute approximate surface area is 178 Å². The zero-order valence-electron chi connectivity index (χ0n) is 18.3. The van der Waals surface area contributed by atoms with E-state index in [1.54, 1.807) is 0 Å². The largest absolute Gasteiger partial charge is 0.507 e. The van der Waals surface area contributed by atoms with Crippen LogP contribution in [0.5, 0.6) is 5.75 Å². The molecular weight excluding hydrogens is 375 g/mol. The van der Waals surface area contributed by atoms with Crippen LogP contribution in [0.1, 0.15) is 68.2 Å². The molecule has 1 aliphatic rings. The minimum atomic E-state index is -0.0596. The Balaban J connectivity index is 1.95. The minimum absolute atomic E-state index is 0.0596. The molecular formula is C25H35N2OP. The van der Waals surface area contributed by atoms with Gasteiger partial charge in [0.05, 0.1) is 6.21 Å². The lowest BCUT2D eigenvalue weighted by Gasteiger charge is -2.34. The average Bonchev–Trinajstić information content (AvgIpc) is 2.75. The summed E-state index contributed by atoms with van der Waals surface area (Å²) in [6, 6.07) is 12.9. The van der Waals surface area contributed by atoms with Crippen molar-refractivity contribution < 1.29 is 5.11 Å². The standard InChI is InChI=1S/C25H35N2OP/c1-5-25(6-2,22-17-19(3)16-20(4)24(22)28)29-23-13-9-8-12-21(23)18-26-27-14-10-7-11-15-27/h8-9,12-13,16-18,28-29H,5-7,10-11,14-15H2,1-4H3/b26-18+. The molecule has 0 saturated carbocycles. The van der Waals surface area contributed by atoms with E-state index in [9.17, 15) is 5.11 Å². The summed E-state index contributed by atoms with van der Waals surface area (Å²) in [4.78, 5) is 0. The van der Waals surface area contributed by atoms with E-state index in [2.05, 4.69) is 62.2 Å². The van der Waals surface area contributed by atoms with E-state index >= 15 is 0 Å². The summed E-state index contributed by atoms with van der Waals surface area (Å²) in [7, 11) is 0.580.